The maximum absolute atomic E-state index is 13.4. The van der Waals surface area contributed by atoms with Crippen LogP contribution in [0.15, 0.2) is 75.9 Å². The number of hydrogen-bond donors (Lipinski definition) is 1. The second kappa shape index (κ2) is 11.8. The van der Waals surface area contributed by atoms with Gasteiger partial charge in [-0.05, 0) is 50.8 Å². The molecule has 0 unspecified atom stereocenters. The fraction of sp³-hybridized carbons (Fsp3) is 0.345. The highest BCUT2D eigenvalue weighted by molar-refractivity contribution is 8.16. The second-order valence-corrected chi connectivity index (χ2v) is 10.2. The number of fused-ring (bicyclic) bond motifs is 1. The molecule has 1 N–H and O–H groups in total. The van der Waals surface area contributed by atoms with Gasteiger partial charge in [-0.15, -0.1) is 0 Å². The van der Waals surface area contributed by atoms with Crippen LogP contribution in [0.5, 0.6) is 11.5 Å². The Morgan fingerprint density at radius 1 is 1.08 bits per heavy atom. The summed E-state index contributed by atoms with van der Waals surface area (Å²) in [6, 6.07) is 14.5. The highest BCUT2D eigenvalue weighted by Crippen LogP contribution is 2.47. The number of hydrogen-bond acceptors (Lipinski definition) is 8. The van der Waals surface area contributed by atoms with E-state index in [1.165, 1.54) is 11.8 Å². The number of aliphatic imine (C=N–C) groups is 1. The lowest BCUT2D eigenvalue weighted by atomic mass is 9.93. The second-order valence-electron chi connectivity index (χ2n) is 9.33. The van der Waals surface area contributed by atoms with Crippen LogP contribution in [0.4, 0.5) is 0 Å². The van der Waals surface area contributed by atoms with Crippen molar-refractivity contribution in [1.29, 1.82) is 0 Å². The summed E-state index contributed by atoms with van der Waals surface area (Å²) in [4.78, 5) is 33.2. The number of nitrogens with zero attached hydrogens (tertiary/aromatic N) is 2. The summed E-state index contributed by atoms with van der Waals surface area (Å²) in [5.41, 5.74) is 3.46. The number of amides is 1. The maximum atomic E-state index is 13.4. The number of rotatable bonds is 9. The molecule has 4 rings (SSSR count). The molecule has 1 amide bonds. The Hall–Kier alpha value is -3.72. The maximum Gasteiger partial charge on any atom is 0.338 e. The first-order valence-electron chi connectivity index (χ1n) is 12.4. The number of allylic oxidation sites excluding steroid dienone is 1. The van der Waals surface area contributed by atoms with Gasteiger partial charge in [-0.2, -0.15) is 0 Å². The van der Waals surface area contributed by atoms with E-state index in [2.05, 4.69) is 5.32 Å². The average Bonchev–Trinajstić information content (AvgIpc) is 3.28. The highest BCUT2D eigenvalue weighted by Gasteiger charge is 2.42. The largest absolute Gasteiger partial charge is 0.497 e. The molecule has 0 aliphatic carbocycles. The molecule has 0 spiro atoms. The predicted molar refractivity (Wildman–Crippen MR) is 149 cm³/mol. The van der Waals surface area contributed by atoms with E-state index < -0.39 is 12.0 Å². The summed E-state index contributed by atoms with van der Waals surface area (Å²) in [6.45, 7) is 7.38. The zero-order valence-corrected chi connectivity index (χ0v) is 23.3. The van der Waals surface area contributed by atoms with E-state index >= 15 is 0 Å². The molecule has 0 radical (unpaired) electrons. The number of nitrogens with one attached hydrogen (secondary N) is 1. The van der Waals surface area contributed by atoms with Crippen LogP contribution in [0, 0.1) is 0 Å². The molecule has 2 aliphatic rings. The van der Waals surface area contributed by atoms with Crippen molar-refractivity contribution in [2.24, 2.45) is 4.99 Å². The number of carbonyl (C=O) groups is 2. The molecule has 9 heteroatoms. The monoisotopic (exact) mass is 535 g/mol. The van der Waals surface area contributed by atoms with Gasteiger partial charge in [0.15, 0.2) is 5.17 Å². The topological polar surface area (TPSA) is 89.5 Å². The molecular weight excluding hydrogens is 502 g/mol. The smallest absolute Gasteiger partial charge is 0.338 e. The molecule has 200 valence electrons. The first-order chi connectivity index (χ1) is 18.2. The molecule has 38 heavy (non-hydrogen) atoms. The van der Waals surface area contributed by atoms with Crippen molar-refractivity contribution in [3.63, 3.8) is 0 Å². The van der Waals surface area contributed by atoms with Crippen LogP contribution in [-0.4, -0.2) is 42.3 Å². The number of benzene rings is 2. The quantitative estimate of drug-likeness (QED) is 0.424. The van der Waals surface area contributed by atoms with Crippen molar-refractivity contribution < 1.29 is 23.8 Å². The molecule has 2 atom stereocenters. The standard InChI is InChI=1S/C29H33N3O5S/c1-17(2)37-28(34)26-19(4)31-29-32(27(26)23-13-12-22(35-5)15-24(23)36-6)21(16-38-29)14-25(33)30-18(3)20-10-8-7-9-11-20/h7-13,15-18,27H,14H2,1-6H3,(H,30,33)/t18-,27+/m1/s1. The lowest BCUT2D eigenvalue weighted by molar-refractivity contribution is -0.143. The highest BCUT2D eigenvalue weighted by atomic mass is 32.2. The van der Waals surface area contributed by atoms with Crippen LogP contribution < -0.4 is 14.8 Å². The number of carbonyl (C=O) groups excluding carboxylic acids is 2. The minimum atomic E-state index is -0.602. The first kappa shape index (κ1) is 27.3. The van der Waals surface area contributed by atoms with E-state index in [0.29, 0.717) is 27.9 Å². The van der Waals surface area contributed by atoms with E-state index in [1.807, 2.05) is 73.5 Å². The minimum Gasteiger partial charge on any atom is -0.497 e. The third kappa shape index (κ3) is 5.72. The van der Waals surface area contributed by atoms with Gasteiger partial charge in [-0.25, -0.2) is 9.79 Å². The molecule has 2 aromatic carbocycles. The Balaban J connectivity index is 1.70. The van der Waals surface area contributed by atoms with Crippen molar-refractivity contribution in [2.75, 3.05) is 14.2 Å². The van der Waals surface area contributed by atoms with Gasteiger partial charge in [0.2, 0.25) is 5.91 Å². The van der Waals surface area contributed by atoms with Crippen molar-refractivity contribution in [3.05, 3.63) is 82.0 Å². The van der Waals surface area contributed by atoms with E-state index in [1.54, 1.807) is 27.2 Å². The number of ether oxygens (including phenoxy) is 3. The number of amidine groups is 1. The van der Waals surface area contributed by atoms with Crippen LogP contribution in [0.1, 0.15) is 57.3 Å². The van der Waals surface area contributed by atoms with E-state index in [-0.39, 0.29) is 24.5 Å². The van der Waals surface area contributed by atoms with Gasteiger partial charge >= 0.3 is 5.97 Å². The summed E-state index contributed by atoms with van der Waals surface area (Å²) in [5, 5.41) is 5.68. The molecule has 0 bridgehead atoms. The van der Waals surface area contributed by atoms with Crippen molar-refractivity contribution >= 4 is 28.8 Å². The predicted octanol–water partition coefficient (Wildman–Crippen LogP) is 5.50. The minimum absolute atomic E-state index is 0.115. The first-order valence-corrected chi connectivity index (χ1v) is 13.3. The Labute approximate surface area is 227 Å². The lowest BCUT2D eigenvalue weighted by Gasteiger charge is -2.37. The SMILES string of the molecule is COc1ccc([C@H]2C(C(=O)OC(C)C)=C(C)N=C3SC=C(CC(=O)N[C@H](C)c4ccccc4)N32)c(OC)c1. The summed E-state index contributed by atoms with van der Waals surface area (Å²) in [5.74, 6) is 0.592. The summed E-state index contributed by atoms with van der Waals surface area (Å²) in [7, 11) is 3.16. The van der Waals surface area contributed by atoms with Gasteiger partial charge in [0, 0.05) is 17.3 Å². The van der Waals surface area contributed by atoms with E-state index in [9.17, 15) is 9.59 Å². The molecule has 0 saturated carbocycles. The number of methoxy groups -OCH3 is 2. The Morgan fingerprint density at radius 2 is 1.82 bits per heavy atom. The molecule has 2 heterocycles. The Morgan fingerprint density at radius 3 is 2.47 bits per heavy atom. The van der Waals surface area contributed by atoms with Crippen molar-refractivity contribution in [2.45, 2.75) is 52.3 Å². The molecule has 8 nitrogen and oxygen atoms in total. The van der Waals surface area contributed by atoms with Gasteiger partial charge in [-0.3, -0.25) is 4.79 Å². The summed E-state index contributed by atoms with van der Waals surface area (Å²) in [6.07, 6.45) is -0.191. The van der Waals surface area contributed by atoms with Crippen LogP contribution in [0.3, 0.4) is 0 Å². The van der Waals surface area contributed by atoms with Crippen LogP contribution in [-0.2, 0) is 14.3 Å². The molecular formula is C29H33N3O5S. The normalized spacial score (nSPS) is 17.4. The third-order valence-electron chi connectivity index (χ3n) is 6.32. The van der Waals surface area contributed by atoms with E-state index in [0.717, 1.165) is 16.8 Å². The lowest BCUT2D eigenvalue weighted by Crippen LogP contribution is -2.38. The number of thioether (sulfide) groups is 1. The summed E-state index contributed by atoms with van der Waals surface area (Å²) < 4.78 is 16.7. The van der Waals surface area contributed by atoms with Gasteiger partial charge in [-0.1, -0.05) is 42.1 Å². The fourth-order valence-corrected chi connectivity index (χ4v) is 5.49. The zero-order valence-electron chi connectivity index (χ0n) is 22.5. The zero-order chi connectivity index (χ0) is 27.4. The van der Waals surface area contributed by atoms with Gasteiger partial charge in [0.1, 0.15) is 11.5 Å². The van der Waals surface area contributed by atoms with Gasteiger partial charge in [0.05, 0.1) is 50.1 Å². The van der Waals surface area contributed by atoms with E-state index in [4.69, 9.17) is 19.2 Å². The summed E-state index contributed by atoms with van der Waals surface area (Å²) >= 11 is 1.42. The molecule has 0 saturated heterocycles. The van der Waals surface area contributed by atoms with Crippen LogP contribution >= 0.6 is 11.8 Å². The van der Waals surface area contributed by atoms with Crippen molar-refractivity contribution in [3.8, 4) is 11.5 Å². The molecule has 2 aliphatic heterocycles. The van der Waals surface area contributed by atoms with Crippen molar-refractivity contribution in [1.82, 2.24) is 10.2 Å². The van der Waals surface area contributed by atoms with Crippen LogP contribution in [0.2, 0.25) is 0 Å². The third-order valence-corrected chi connectivity index (χ3v) is 7.21. The molecule has 0 aromatic heterocycles. The Bertz CT molecular complexity index is 1300. The molecule has 0 fully saturated rings. The molecule has 2 aromatic rings. The Kier molecular flexibility index (Phi) is 8.46. The van der Waals surface area contributed by atoms with Crippen LogP contribution in [0.25, 0.3) is 0 Å². The van der Waals surface area contributed by atoms with Gasteiger partial charge in [0.25, 0.3) is 0 Å². The fourth-order valence-electron chi connectivity index (χ4n) is 4.53. The van der Waals surface area contributed by atoms with Gasteiger partial charge < -0.3 is 24.4 Å². The number of esters is 1. The average molecular weight is 536 g/mol.